The van der Waals surface area contributed by atoms with Crippen LogP contribution in [0.3, 0.4) is 0 Å². The minimum Gasteiger partial charge on any atom is -0.465 e. The molecule has 1 aromatic heterocycles. The number of aromatic nitrogens is 1. The first-order chi connectivity index (χ1) is 17.4. The lowest BCUT2D eigenvalue weighted by Gasteiger charge is -2.47. The van der Waals surface area contributed by atoms with Gasteiger partial charge >= 0.3 is 11.9 Å². The van der Waals surface area contributed by atoms with Crippen LogP contribution in [0.4, 0.5) is 5.69 Å². The zero-order valence-corrected chi connectivity index (χ0v) is 21.7. The zero-order valence-electron chi connectivity index (χ0n) is 20.9. The number of allylic oxidation sites excluding steroid dienone is 1. The highest BCUT2D eigenvalue weighted by molar-refractivity contribution is 7.09. The van der Waals surface area contributed by atoms with Crippen molar-refractivity contribution in [1.29, 1.82) is 0 Å². The molecular formula is C28H31N3O4S. The molecule has 8 heteroatoms. The molecule has 0 amide bonds. The van der Waals surface area contributed by atoms with Gasteiger partial charge in [0.2, 0.25) is 0 Å². The van der Waals surface area contributed by atoms with Crippen LogP contribution in [0.1, 0.15) is 44.2 Å². The van der Waals surface area contributed by atoms with Crippen molar-refractivity contribution >= 4 is 29.0 Å². The van der Waals surface area contributed by atoms with Gasteiger partial charge in [0, 0.05) is 34.6 Å². The predicted molar refractivity (Wildman–Crippen MR) is 141 cm³/mol. The second-order valence-corrected chi connectivity index (χ2v) is 9.61. The van der Waals surface area contributed by atoms with E-state index in [0.29, 0.717) is 16.3 Å². The van der Waals surface area contributed by atoms with Crippen LogP contribution in [0.25, 0.3) is 11.1 Å². The van der Waals surface area contributed by atoms with Crippen molar-refractivity contribution in [2.75, 3.05) is 18.9 Å². The third-order valence-corrected chi connectivity index (χ3v) is 7.44. The van der Waals surface area contributed by atoms with E-state index in [1.165, 1.54) is 22.5 Å². The molecule has 2 heterocycles. The maximum atomic E-state index is 13.6. The second kappa shape index (κ2) is 10.5. The summed E-state index contributed by atoms with van der Waals surface area (Å²) in [5.41, 5.74) is 9.66. The molecule has 0 fully saturated rings. The molecule has 2 aromatic rings. The third-order valence-electron chi connectivity index (χ3n) is 6.60. The number of nitrogen functional groups attached to an aromatic ring is 1. The molecule has 0 saturated heterocycles. The van der Waals surface area contributed by atoms with Crippen molar-refractivity contribution < 1.29 is 19.1 Å². The van der Waals surface area contributed by atoms with Gasteiger partial charge in [-0.25, -0.2) is 9.78 Å². The molecular weight excluding hydrogens is 474 g/mol. The third kappa shape index (κ3) is 4.48. The Balaban J connectivity index is 0.000000367. The summed E-state index contributed by atoms with van der Waals surface area (Å²) in [7, 11) is 0. The number of rotatable bonds is 6. The molecule has 36 heavy (non-hydrogen) atoms. The molecule has 0 bridgehead atoms. The lowest BCUT2D eigenvalue weighted by atomic mass is 9.61. The standard InChI is InChI=1S/C22H26N2O4S.C6H5N/c1-5-27-20(25)17-14(3)24-15(4)22(21(26)28-6-2,16-10-8-7-9-11-16)18(17)19-23-12-13-29-19;7-6-2-1-4-3-5(4)6/h7-13,15,18,24H,5-6H2,1-4H3;1-3H,7H2. The van der Waals surface area contributed by atoms with E-state index in [1.807, 2.05) is 61.7 Å². The summed E-state index contributed by atoms with van der Waals surface area (Å²) in [6.07, 6.45) is 1.69. The molecule has 1 aliphatic heterocycles. The van der Waals surface area contributed by atoms with Crippen LogP contribution in [-0.4, -0.2) is 36.2 Å². The molecule has 0 spiro atoms. The van der Waals surface area contributed by atoms with Gasteiger partial charge < -0.3 is 20.5 Å². The van der Waals surface area contributed by atoms with E-state index >= 15 is 0 Å². The Bertz CT molecular complexity index is 1270. The van der Waals surface area contributed by atoms with Gasteiger partial charge in [0.25, 0.3) is 0 Å². The number of hydrogen-bond donors (Lipinski definition) is 2. The van der Waals surface area contributed by atoms with Crippen LogP contribution < -0.4 is 11.1 Å². The van der Waals surface area contributed by atoms with E-state index in [-0.39, 0.29) is 25.2 Å². The van der Waals surface area contributed by atoms with E-state index < -0.39 is 17.3 Å². The maximum absolute atomic E-state index is 13.6. The molecule has 0 radical (unpaired) electrons. The SMILES string of the molecule is CCOC(=O)C1=C(C)NC(C)C(C(=O)OCC)(c2ccccc2)C1c1nccs1.Nc1ccc2cc1-2. The summed E-state index contributed by atoms with van der Waals surface area (Å²) in [5, 5.41) is 5.87. The molecule has 3 unspecified atom stereocenters. The van der Waals surface area contributed by atoms with Gasteiger partial charge in [-0.1, -0.05) is 36.4 Å². The number of nitrogens with one attached hydrogen (secondary N) is 1. The normalized spacial score (nSPS) is 21.6. The quantitative estimate of drug-likeness (QED) is 0.286. The first kappa shape index (κ1) is 25.4. The number of carbonyl (C=O) groups excluding carboxylic acids is 2. The van der Waals surface area contributed by atoms with Gasteiger partial charge in [-0.3, -0.25) is 4.79 Å². The number of nitrogens with two attached hydrogens (primary N) is 1. The van der Waals surface area contributed by atoms with Crippen molar-refractivity contribution in [3.63, 3.8) is 0 Å². The summed E-state index contributed by atoms with van der Waals surface area (Å²) < 4.78 is 11.0. The summed E-state index contributed by atoms with van der Waals surface area (Å²) in [5.74, 6) is -1.46. The average molecular weight is 506 g/mol. The first-order valence-electron chi connectivity index (χ1n) is 12.0. The Kier molecular flexibility index (Phi) is 7.45. The first-order valence-corrected chi connectivity index (χ1v) is 12.9. The summed E-state index contributed by atoms with van der Waals surface area (Å²) >= 11 is 1.42. The number of benzene rings is 2. The molecule has 1 aromatic carbocycles. The minimum atomic E-state index is -1.17. The Morgan fingerprint density at radius 1 is 1.11 bits per heavy atom. The van der Waals surface area contributed by atoms with Crippen LogP contribution in [0.5, 0.6) is 0 Å². The summed E-state index contributed by atoms with van der Waals surface area (Å²) in [4.78, 5) is 31.1. The maximum Gasteiger partial charge on any atom is 0.336 e. The predicted octanol–water partition coefficient (Wildman–Crippen LogP) is 4.81. The van der Waals surface area contributed by atoms with E-state index in [2.05, 4.69) is 16.4 Å². The monoisotopic (exact) mass is 505 g/mol. The van der Waals surface area contributed by atoms with E-state index in [0.717, 1.165) is 11.3 Å². The molecule has 3 atom stereocenters. The van der Waals surface area contributed by atoms with Crippen LogP contribution in [0.15, 0.2) is 71.4 Å². The van der Waals surface area contributed by atoms with Crippen molar-refractivity contribution in [2.45, 2.75) is 45.1 Å². The summed E-state index contributed by atoms with van der Waals surface area (Å²) in [6, 6.07) is 15.2. The molecule has 3 N–H and O–H groups in total. The van der Waals surface area contributed by atoms with Crippen molar-refractivity contribution in [3.8, 4) is 11.1 Å². The largest absolute Gasteiger partial charge is 0.465 e. The van der Waals surface area contributed by atoms with Gasteiger partial charge in [0.15, 0.2) is 0 Å². The zero-order chi connectivity index (χ0) is 25.9. The Hall–Kier alpha value is -3.65. The highest BCUT2D eigenvalue weighted by Crippen LogP contribution is 2.51. The fraction of sp³-hybridized carbons (Fsp3) is 0.321. The van der Waals surface area contributed by atoms with E-state index in [9.17, 15) is 9.59 Å². The van der Waals surface area contributed by atoms with E-state index in [4.69, 9.17) is 15.2 Å². The Labute approximate surface area is 215 Å². The van der Waals surface area contributed by atoms with Crippen LogP contribution in [0.2, 0.25) is 0 Å². The van der Waals surface area contributed by atoms with E-state index in [1.54, 1.807) is 20.0 Å². The number of nitrogens with zero attached hydrogens (tertiary/aromatic N) is 1. The molecule has 188 valence electrons. The van der Waals surface area contributed by atoms with Gasteiger partial charge in [0.1, 0.15) is 10.4 Å². The van der Waals surface area contributed by atoms with Gasteiger partial charge in [-0.05, 0) is 51.0 Å². The number of anilines is 1. The average Bonchev–Trinajstić information content (AvgIpc) is 3.26. The van der Waals surface area contributed by atoms with Gasteiger partial charge in [-0.2, -0.15) is 0 Å². The second-order valence-electron chi connectivity index (χ2n) is 8.69. The number of esters is 2. The minimum absolute atomic E-state index is 0.238. The molecule has 0 saturated carbocycles. The highest BCUT2D eigenvalue weighted by atomic mass is 32.1. The van der Waals surface area contributed by atoms with Gasteiger partial charge in [-0.15, -0.1) is 11.3 Å². The Morgan fingerprint density at radius 2 is 1.83 bits per heavy atom. The van der Waals surface area contributed by atoms with Crippen molar-refractivity contribution in [1.82, 2.24) is 10.3 Å². The van der Waals surface area contributed by atoms with Crippen molar-refractivity contribution in [2.24, 2.45) is 0 Å². The smallest absolute Gasteiger partial charge is 0.336 e. The Morgan fingerprint density at radius 3 is 2.33 bits per heavy atom. The fourth-order valence-corrected chi connectivity index (χ4v) is 5.78. The lowest BCUT2D eigenvalue weighted by Crippen LogP contribution is -2.60. The summed E-state index contributed by atoms with van der Waals surface area (Å²) in [6.45, 7) is 7.80. The number of ether oxygens (including phenoxy) is 2. The number of carbonyl (C=O) groups is 2. The molecule has 2 aliphatic carbocycles. The van der Waals surface area contributed by atoms with Crippen LogP contribution in [-0.2, 0) is 24.5 Å². The van der Waals surface area contributed by atoms with Gasteiger partial charge in [0.05, 0.1) is 24.7 Å². The van der Waals surface area contributed by atoms with Crippen molar-refractivity contribution in [3.05, 3.63) is 81.9 Å². The molecule has 3 aliphatic rings. The highest BCUT2D eigenvalue weighted by Gasteiger charge is 2.59. The van der Waals surface area contributed by atoms with Crippen LogP contribution >= 0.6 is 11.3 Å². The fourth-order valence-electron chi connectivity index (χ4n) is 4.96. The number of hydrogen-bond acceptors (Lipinski definition) is 8. The lowest BCUT2D eigenvalue weighted by molar-refractivity contribution is -0.153. The van der Waals surface area contributed by atoms with Crippen LogP contribution in [0, 0.1) is 0 Å². The number of fused-ring (bicyclic) bond motifs is 1. The topological polar surface area (TPSA) is 104 Å². The molecule has 7 nitrogen and oxygen atoms in total. The molecule has 5 rings (SSSR count). The number of thiazole rings is 1.